The SMILES string of the molecule is COC(=O)N1c2ccc3c(nc(CCn4cccn4)n3CC(=O)NCC3(C)COC3)c2CC[C@@H]1C. The lowest BCUT2D eigenvalue weighted by atomic mass is 9.89. The van der Waals surface area contributed by atoms with Gasteiger partial charge in [-0.25, -0.2) is 9.78 Å². The molecule has 186 valence electrons. The molecule has 0 unspecified atom stereocenters. The lowest BCUT2D eigenvalue weighted by molar-refractivity contribution is -0.127. The number of imidazole rings is 1. The molecule has 2 amide bonds. The lowest BCUT2D eigenvalue weighted by Crippen LogP contribution is -2.49. The van der Waals surface area contributed by atoms with Crippen LogP contribution in [0.1, 0.15) is 31.7 Å². The second-order valence-electron chi connectivity index (χ2n) is 9.87. The molecule has 0 aliphatic carbocycles. The molecule has 1 saturated heterocycles. The van der Waals surface area contributed by atoms with Crippen LogP contribution >= 0.6 is 0 Å². The maximum atomic E-state index is 13.0. The van der Waals surface area contributed by atoms with Gasteiger partial charge in [0.1, 0.15) is 12.4 Å². The van der Waals surface area contributed by atoms with Gasteiger partial charge in [0.2, 0.25) is 5.91 Å². The zero-order valence-corrected chi connectivity index (χ0v) is 20.5. The molecule has 2 aliphatic heterocycles. The van der Waals surface area contributed by atoms with Crippen LogP contribution in [0.5, 0.6) is 0 Å². The van der Waals surface area contributed by atoms with Crippen LogP contribution in [0.3, 0.4) is 0 Å². The van der Waals surface area contributed by atoms with Crippen molar-refractivity contribution in [3.63, 3.8) is 0 Å². The fourth-order valence-corrected chi connectivity index (χ4v) is 4.93. The molecule has 2 aliphatic rings. The summed E-state index contributed by atoms with van der Waals surface area (Å²) in [5.74, 6) is 0.765. The number of carbonyl (C=O) groups is 2. The van der Waals surface area contributed by atoms with Gasteiger partial charge in [0.05, 0.1) is 37.0 Å². The van der Waals surface area contributed by atoms with E-state index in [0.29, 0.717) is 32.7 Å². The summed E-state index contributed by atoms with van der Waals surface area (Å²) >= 11 is 0. The van der Waals surface area contributed by atoms with E-state index in [1.807, 2.05) is 40.6 Å². The second kappa shape index (κ2) is 9.33. The summed E-state index contributed by atoms with van der Waals surface area (Å²) in [6.07, 6.45) is 5.54. The van der Waals surface area contributed by atoms with Gasteiger partial charge < -0.3 is 19.4 Å². The van der Waals surface area contributed by atoms with E-state index < -0.39 is 0 Å². The van der Waals surface area contributed by atoms with E-state index in [0.717, 1.165) is 41.0 Å². The van der Waals surface area contributed by atoms with Gasteiger partial charge in [0.25, 0.3) is 0 Å². The molecule has 1 N–H and O–H groups in total. The predicted molar refractivity (Wildman–Crippen MR) is 130 cm³/mol. The highest BCUT2D eigenvalue weighted by Gasteiger charge is 2.34. The number of aromatic nitrogens is 4. The minimum absolute atomic E-state index is 0.00268. The summed E-state index contributed by atoms with van der Waals surface area (Å²) in [6.45, 7) is 6.88. The van der Waals surface area contributed by atoms with Crippen LogP contribution < -0.4 is 10.2 Å². The Bertz CT molecular complexity index is 1230. The van der Waals surface area contributed by atoms with Gasteiger partial charge in [-0.05, 0) is 38.0 Å². The first-order valence-electron chi connectivity index (χ1n) is 12.1. The Hall–Kier alpha value is -3.40. The summed E-state index contributed by atoms with van der Waals surface area (Å²) in [6, 6.07) is 5.84. The average molecular weight is 481 g/mol. The first-order chi connectivity index (χ1) is 16.9. The number of ether oxygens (including phenoxy) is 2. The molecule has 1 fully saturated rings. The van der Waals surface area contributed by atoms with Crippen LogP contribution in [0.15, 0.2) is 30.6 Å². The molecule has 1 aromatic carbocycles. The molecular weight excluding hydrogens is 448 g/mol. The Balaban J connectivity index is 1.48. The quantitative estimate of drug-likeness (QED) is 0.557. The van der Waals surface area contributed by atoms with Crippen LogP contribution in [-0.2, 0) is 40.2 Å². The van der Waals surface area contributed by atoms with Crippen molar-refractivity contribution in [2.24, 2.45) is 5.41 Å². The van der Waals surface area contributed by atoms with Crippen molar-refractivity contribution < 1.29 is 19.1 Å². The van der Waals surface area contributed by atoms with E-state index in [1.54, 1.807) is 11.1 Å². The van der Waals surface area contributed by atoms with Crippen LogP contribution in [-0.4, -0.2) is 64.2 Å². The minimum Gasteiger partial charge on any atom is -0.452 e. The average Bonchev–Trinajstić information content (AvgIpc) is 3.47. The van der Waals surface area contributed by atoms with Crippen molar-refractivity contribution in [2.45, 2.75) is 52.2 Å². The van der Waals surface area contributed by atoms with E-state index in [4.69, 9.17) is 14.5 Å². The van der Waals surface area contributed by atoms with Crippen molar-refractivity contribution in [3.8, 4) is 0 Å². The molecule has 10 heteroatoms. The standard InChI is InChI=1S/C25H32N6O4/c1-17-5-6-18-19(31(17)24(33)34-3)7-8-20-23(18)28-21(9-12-29-11-4-10-27-29)30(20)13-22(32)26-14-25(2)15-35-16-25/h4,7-8,10-11,17H,5-6,9,12-16H2,1-3H3,(H,26,32)/t17-/m0/s1. The summed E-state index contributed by atoms with van der Waals surface area (Å²) < 4.78 is 14.2. The summed E-state index contributed by atoms with van der Waals surface area (Å²) in [5, 5.41) is 7.36. The Labute approximate surface area is 204 Å². The van der Waals surface area contributed by atoms with Gasteiger partial charge in [-0.2, -0.15) is 5.10 Å². The summed E-state index contributed by atoms with van der Waals surface area (Å²) in [7, 11) is 1.40. The van der Waals surface area contributed by atoms with Gasteiger partial charge in [-0.1, -0.05) is 6.92 Å². The van der Waals surface area contributed by atoms with Crippen LogP contribution in [0.2, 0.25) is 0 Å². The van der Waals surface area contributed by atoms with E-state index in [2.05, 4.69) is 17.3 Å². The normalized spacial score (nSPS) is 18.7. The molecule has 35 heavy (non-hydrogen) atoms. The van der Waals surface area contributed by atoms with Gasteiger partial charge in [-0.15, -0.1) is 0 Å². The van der Waals surface area contributed by atoms with Gasteiger partial charge in [0.15, 0.2) is 0 Å². The second-order valence-corrected chi connectivity index (χ2v) is 9.87. The highest BCUT2D eigenvalue weighted by molar-refractivity contribution is 5.95. The fourth-order valence-electron chi connectivity index (χ4n) is 4.93. The number of methoxy groups -OCH3 is 1. The predicted octanol–water partition coefficient (Wildman–Crippen LogP) is 2.54. The number of aryl methyl sites for hydroxylation is 3. The number of fused-ring (bicyclic) bond motifs is 3. The minimum atomic E-state index is -0.371. The third-order valence-corrected chi connectivity index (χ3v) is 7.00. The van der Waals surface area contributed by atoms with Crippen molar-refractivity contribution >= 4 is 28.7 Å². The first kappa shape index (κ1) is 23.3. The topological polar surface area (TPSA) is 104 Å². The van der Waals surface area contributed by atoms with E-state index >= 15 is 0 Å². The van der Waals surface area contributed by atoms with E-state index in [1.165, 1.54) is 7.11 Å². The Kier molecular flexibility index (Phi) is 6.22. The third kappa shape index (κ3) is 4.50. The number of anilines is 1. The molecule has 5 rings (SSSR count). The highest BCUT2D eigenvalue weighted by Crippen LogP contribution is 2.36. The number of carbonyl (C=O) groups excluding carboxylic acids is 2. The number of benzene rings is 1. The number of hydrogen-bond acceptors (Lipinski definition) is 6. The molecule has 0 radical (unpaired) electrons. The van der Waals surface area contributed by atoms with Crippen molar-refractivity contribution in [2.75, 3.05) is 31.8 Å². The number of rotatable bonds is 7. The van der Waals surface area contributed by atoms with Gasteiger partial charge >= 0.3 is 6.09 Å². The zero-order valence-electron chi connectivity index (χ0n) is 20.5. The highest BCUT2D eigenvalue weighted by atomic mass is 16.5. The molecule has 1 atom stereocenters. The van der Waals surface area contributed by atoms with E-state index in [-0.39, 0.29) is 30.0 Å². The molecule has 4 heterocycles. The molecule has 3 aromatic rings. The fraction of sp³-hybridized carbons (Fsp3) is 0.520. The summed E-state index contributed by atoms with van der Waals surface area (Å²) in [5.41, 5.74) is 3.58. The van der Waals surface area contributed by atoms with Gasteiger partial charge in [-0.3, -0.25) is 14.4 Å². The largest absolute Gasteiger partial charge is 0.452 e. The number of nitrogens with zero attached hydrogens (tertiary/aromatic N) is 5. The number of nitrogens with one attached hydrogen (secondary N) is 1. The molecule has 2 aromatic heterocycles. The van der Waals surface area contributed by atoms with Crippen LogP contribution in [0, 0.1) is 5.41 Å². The molecular formula is C25H32N6O4. The molecule has 0 bridgehead atoms. The molecule has 0 spiro atoms. The van der Waals surface area contributed by atoms with Crippen molar-refractivity contribution in [1.82, 2.24) is 24.6 Å². The first-order valence-corrected chi connectivity index (χ1v) is 12.1. The lowest BCUT2D eigenvalue weighted by Gasteiger charge is -2.38. The molecule has 10 nitrogen and oxygen atoms in total. The Morgan fingerprint density at radius 3 is 2.83 bits per heavy atom. The number of amides is 2. The third-order valence-electron chi connectivity index (χ3n) is 7.00. The Morgan fingerprint density at radius 2 is 2.14 bits per heavy atom. The maximum Gasteiger partial charge on any atom is 0.414 e. The van der Waals surface area contributed by atoms with E-state index in [9.17, 15) is 9.59 Å². The summed E-state index contributed by atoms with van der Waals surface area (Å²) in [4.78, 5) is 32.2. The number of hydrogen-bond donors (Lipinski definition) is 1. The van der Waals surface area contributed by atoms with Gasteiger partial charge in [0, 0.05) is 48.9 Å². The maximum absolute atomic E-state index is 13.0. The smallest absolute Gasteiger partial charge is 0.414 e. The van der Waals surface area contributed by atoms with Crippen LogP contribution in [0.25, 0.3) is 11.0 Å². The monoisotopic (exact) mass is 480 g/mol. The Morgan fingerprint density at radius 1 is 1.31 bits per heavy atom. The zero-order chi connectivity index (χ0) is 24.6. The van der Waals surface area contributed by atoms with Crippen molar-refractivity contribution in [1.29, 1.82) is 0 Å². The molecule has 0 saturated carbocycles. The van der Waals surface area contributed by atoms with Crippen LogP contribution in [0.4, 0.5) is 10.5 Å². The van der Waals surface area contributed by atoms with Crippen molar-refractivity contribution in [3.05, 3.63) is 42.0 Å².